The molecule has 0 N–H and O–H groups in total. The zero-order chi connectivity index (χ0) is 12.7. The quantitative estimate of drug-likeness (QED) is 0.313. The van der Waals surface area contributed by atoms with Crippen LogP contribution in [0.4, 0.5) is 0 Å². The van der Waals surface area contributed by atoms with Gasteiger partial charge in [0.15, 0.2) is 5.78 Å². The minimum Gasteiger partial charge on any atom is -0.295 e. The molecular weight excluding hydrogens is 220 g/mol. The number of hydrogen-bond acceptors (Lipinski definition) is 3. The summed E-state index contributed by atoms with van der Waals surface area (Å²) in [6, 6.07) is 0. The van der Waals surface area contributed by atoms with Gasteiger partial charge in [0, 0.05) is 9.82 Å². The lowest BCUT2D eigenvalue weighted by Gasteiger charge is -2.20. The summed E-state index contributed by atoms with van der Waals surface area (Å²) in [6.45, 7) is 1.45. The summed E-state index contributed by atoms with van der Waals surface area (Å²) in [6.07, 6.45) is 8.26. The number of allylic oxidation sites excluding steroid dienone is 4. The van der Waals surface area contributed by atoms with Crippen LogP contribution >= 0.6 is 0 Å². The Balaban J connectivity index is 2.91. The number of rotatable bonds is 4. The lowest BCUT2D eigenvalue weighted by atomic mass is 9.98. The highest BCUT2D eigenvalue weighted by Gasteiger charge is 2.25. The molecule has 0 saturated heterocycles. The lowest BCUT2D eigenvalue weighted by Crippen LogP contribution is -2.20. The van der Waals surface area contributed by atoms with Crippen molar-refractivity contribution >= 4 is 5.78 Å². The maximum atomic E-state index is 10.7. The van der Waals surface area contributed by atoms with E-state index < -0.39 is 5.66 Å². The molecule has 0 aromatic heterocycles. The molecule has 0 heterocycles. The third-order valence-corrected chi connectivity index (χ3v) is 2.13. The Hall–Kier alpha value is -2.49. The van der Waals surface area contributed by atoms with Crippen LogP contribution < -0.4 is 0 Å². The van der Waals surface area contributed by atoms with Crippen LogP contribution in [0.25, 0.3) is 20.9 Å². The van der Waals surface area contributed by atoms with E-state index in [2.05, 4.69) is 20.1 Å². The summed E-state index contributed by atoms with van der Waals surface area (Å²) in [5.41, 5.74) is 16.4. The first kappa shape index (κ1) is 12.6. The molecule has 1 rings (SSSR count). The minimum absolute atomic E-state index is 0.0544. The van der Waals surface area contributed by atoms with E-state index in [-0.39, 0.29) is 12.2 Å². The Bertz CT molecular complexity index is 485. The molecule has 0 aromatic rings. The molecule has 0 fully saturated rings. The van der Waals surface area contributed by atoms with Crippen LogP contribution in [0.1, 0.15) is 13.3 Å². The van der Waals surface area contributed by atoms with Gasteiger partial charge >= 0.3 is 0 Å². The summed E-state index contributed by atoms with van der Waals surface area (Å²) in [4.78, 5) is 16.1. The van der Waals surface area contributed by atoms with E-state index in [0.29, 0.717) is 0 Å². The molecule has 0 atom stereocenters. The molecule has 0 aliphatic heterocycles. The molecule has 0 amide bonds. The fraction of sp³-hybridized carbons (Fsp3) is 0.300. The third-order valence-electron chi connectivity index (χ3n) is 2.13. The first-order chi connectivity index (χ1) is 8.12. The first-order valence-corrected chi connectivity index (χ1v) is 4.82. The summed E-state index contributed by atoms with van der Waals surface area (Å²) >= 11 is 0. The molecule has 0 bridgehead atoms. The molecule has 0 saturated carbocycles. The van der Waals surface area contributed by atoms with Gasteiger partial charge in [0.1, 0.15) is 5.66 Å². The Morgan fingerprint density at radius 1 is 1.47 bits per heavy atom. The van der Waals surface area contributed by atoms with Crippen molar-refractivity contribution in [3.05, 3.63) is 56.8 Å². The second-order valence-corrected chi connectivity index (χ2v) is 3.44. The summed E-state index contributed by atoms with van der Waals surface area (Å²) in [7, 11) is 0. The predicted molar refractivity (Wildman–Crippen MR) is 62.7 cm³/mol. The monoisotopic (exact) mass is 230 g/mol. The molecule has 7 heteroatoms. The topological polar surface area (TPSA) is 115 Å². The number of nitrogens with zero attached hydrogens (tertiary/aromatic N) is 6. The predicted octanol–water partition coefficient (Wildman–Crippen LogP) is 3.33. The molecule has 1 aliphatic rings. The molecule has 17 heavy (non-hydrogen) atoms. The van der Waals surface area contributed by atoms with E-state index in [0.717, 1.165) is 5.57 Å². The fourth-order valence-corrected chi connectivity index (χ4v) is 1.29. The minimum atomic E-state index is -1.21. The average Bonchev–Trinajstić information content (AvgIpc) is 2.29. The van der Waals surface area contributed by atoms with Crippen molar-refractivity contribution in [3.63, 3.8) is 0 Å². The van der Waals surface area contributed by atoms with Crippen LogP contribution in [-0.2, 0) is 4.79 Å². The zero-order valence-electron chi connectivity index (χ0n) is 9.19. The van der Waals surface area contributed by atoms with Crippen LogP contribution in [0, 0.1) is 0 Å². The van der Waals surface area contributed by atoms with Crippen LogP contribution in [0.2, 0.25) is 0 Å². The summed E-state index contributed by atoms with van der Waals surface area (Å²) < 4.78 is 0. The van der Waals surface area contributed by atoms with Crippen LogP contribution in [0.5, 0.6) is 0 Å². The van der Waals surface area contributed by atoms with Crippen LogP contribution in [0.15, 0.2) is 46.2 Å². The Kier molecular flexibility index (Phi) is 4.11. The van der Waals surface area contributed by atoms with Gasteiger partial charge in [0.2, 0.25) is 0 Å². The van der Waals surface area contributed by atoms with E-state index in [1.807, 2.05) is 0 Å². The first-order valence-electron chi connectivity index (χ1n) is 4.82. The normalized spacial score (nSPS) is 22.5. The second kappa shape index (κ2) is 5.55. The molecule has 0 aromatic carbocycles. The van der Waals surface area contributed by atoms with Crippen molar-refractivity contribution in [1.82, 2.24) is 0 Å². The maximum Gasteiger partial charge on any atom is 0.152 e. The Morgan fingerprint density at radius 3 is 2.53 bits per heavy atom. The smallest absolute Gasteiger partial charge is 0.152 e. The van der Waals surface area contributed by atoms with Gasteiger partial charge in [-0.3, -0.25) is 4.79 Å². The van der Waals surface area contributed by atoms with Gasteiger partial charge in [-0.1, -0.05) is 34.5 Å². The van der Waals surface area contributed by atoms with Gasteiger partial charge in [0.25, 0.3) is 0 Å². The van der Waals surface area contributed by atoms with Crippen molar-refractivity contribution < 1.29 is 4.79 Å². The van der Waals surface area contributed by atoms with E-state index in [9.17, 15) is 4.79 Å². The molecule has 1 aliphatic carbocycles. The van der Waals surface area contributed by atoms with Crippen molar-refractivity contribution in [2.24, 2.45) is 10.2 Å². The third kappa shape index (κ3) is 3.53. The average molecular weight is 230 g/mol. The van der Waals surface area contributed by atoms with E-state index >= 15 is 0 Å². The van der Waals surface area contributed by atoms with Gasteiger partial charge in [-0.05, 0) is 36.1 Å². The number of azide groups is 1. The lowest BCUT2D eigenvalue weighted by molar-refractivity contribution is -0.112. The largest absolute Gasteiger partial charge is 0.295 e. The zero-order valence-corrected chi connectivity index (χ0v) is 9.19. The summed E-state index contributed by atoms with van der Waals surface area (Å²) in [5.74, 6) is -0.0544. The number of carbonyl (C=O) groups excluding carboxylic acids is 1. The van der Waals surface area contributed by atoms with Crippen molar-refractivity contribution in [3.8, 4) is 0 Å². The van der Waals surface area contributed by atoms with Crippen molar-refractivity contribution in [2.45, 2.75) is 19.0 Å². The fourth-order valence-electron chi connectivity index (χ4n) is 1.29. The van der Waals surface area contributed by atoms with Crippen molar-refractivity contribution in [1.29, 1.82) is 0 Å². The van der Waals surface area contributed by atoms with Gasteiger partial charge in [-0.2, -0.15) is 0 Å². The van der Waals surface area contributed by atoms with Gasteiger partial charge < -0.3 is 0 Å². The van der Waals surface area contributed by atoms with E-state index in [1.54, 1.807) is 18.2 Å². The van der Waals surface area contributed by atoms with Gasteiger partial charge in [-0.15, -0.1) is 0 Å². The molecular formula is C10H10N6O. The van der Waals surface area contributed by atoms with Crippen LogP contribution in [-0.4, -0.2) is 11.4 Å². The number of hydrogen-bond donors (Lipinski definition) is 0. The highest BCUT2D eigenvalue weighted by Crippen LogP contribution is 2.27. The van der Waals surface area contributed by atoms with Crippen LogP contribution in [0.3, 0.4) is 0 Å². The second-order valence-electron chi connectivity index (χ2n) is 3.44. The molecule has 0 spiro atoms. The summed E-state index contributed by atoms with van der Waals surface area (Å²) in [5, 5.41) is 6.94. The Morgan fingerprint density at radius 2 is 2.12 bits per heavy atom. The molecule has 86 valence electrons. The number of ketones is 1. The molecule has 7 nitrogen and oxygen atoms in total. The van der Waals surface area contributed by atoms with Crippen molar-refractivity contribution in [2.75, 3.05) is 0 Å². The number of carbonyl (C=O) groups is 1. The van der Waals surface area contributed by atoms with E-state index in [1.165, 1.54) is 19.1 Å². The maximum absolute atomic E-state index is 10.7. The van der Waals surface area contributed by atoms with Gasteiger partial charge in [0.05, 0.1) is 0 Å². The molecule has 0 unspecified atom stereocenters. The standard InChI is InChI=1S/C10H10N6O/c1-8(17)2-3-9-4-6-10(7-5-9,13-15-11)14-16-12/h2-6H,7H2,1H3. The van der Waals surface area contributed by atoms with Gasteiger partial charge in [-0.25, -0.2) is 0 Å². The SMILES string of the molecule is CC(=O)C=CC1=CCC(N=[N+]=[N-])(N=[N+]=[N-])C=C1. The molecule has 0 radical (unpaired) electrons. The highest BCUT2D eigenvalue weighted by atomic mass is 16.1. The Labute approximate surface area is 97.4 Å². The highest BCUT2D eigenvalue weighted by molar-refractivity contribution is 5.87. The van der Waals surface area contributed by atoms with E-state index in [4.69, 9.17) is 11.1 Å².